The van der Waals surface area contributed by atoms with E-state index in [9.17, 15) is 9.90 Å². The van der Waals surface area contributed by atoms with Gasteiger partial charge in [0.05, 0.1) is 5.69 Å². The molecule has 0 aliphatic carbocycles. The first-order valence-corrected chi connectivity index (χ1v) is 6.70. The zero-order chi connectivity index (χ0) is 12.3. The van der Waals surface area contributed by atoms with Gasteiger partial charge in [0.15, 0.2) is 0 Å². The Labute approximate surface area is 105 Å². The van der Waals surface area contributed by atoms with Crippen molar-refractivity contribution < 1.29 is 9.90 Å². The summed E-state index contributed by atoms with van der Waals surface area (Å²) in [4.78, 5) is 11.8. The average molecular weight is 252 g/mol. The number of nitrogens with two attached hydrogens (primary N) is 1. The number of phenols is 1. The molecule has 1 aromatic carbocycles. The van der Waals surface area contributed by atoms with Gasteiger partial charge in [-0.1, -0.05) is 0 Å². The van der Waals surface area contributed by atoms with E-state index >= 15 is 0 Å². The third-order valence-corrected chi connectivity index (χ3v) is 4.21. The molecule has 0 spiro atoms. The molecule has 1 atom stereocenters. The summed E-state index contributed by atoms with van der Waals surface area (Å²) in [6.45, 7) is 0.689. The number of aromatic hydroxyl groups is 1. The number of nitrogens with one attached hydrogen (secondary N) is 1. The summed E-state index contributed by atoms with van der Waals surface area (Å²) in [5, 5.41) is 12.8. The van der Waals surface area contributed by atoms with Crippen molar-refractivity contribution in [1.82, 2.24) is 5.32 Å². The van der Waals surface area contributed by atoms with Crippen molar-refractivity contribution in [2.75, 3.05) is 18.0 Å². The number of thioether (sulfide) groups is 1. The molecule has 4 N–H and O–H groups in total. The van der Waals surface area contributed by atoms with Gasteiger partial charge >= 0.3 is 0 Å². The minimum atomic E-state index is -0.159. The molecule has 17 heavy (non-hydrogen) atoms. The molecule has 1 saturated heterocycles. The van der Waals surface area contributed by atoms with Crippen LogP contribution in [0.3, 0.4) is 0 Å². The first-order chi connectivity index (χ1) is 8.16. The molecule has 92 valence electrons. The Kier molecular flexibility index (Phi) is 3.78. The fourth-order valence-corrected chi connectivity index (χ4v) is 3.00. The first-order valence-electron chi connectivity index (χ1n) is 5.65. The van der Waals surface area contributed by atoms with Gasteiger partial charge in [-0.25, -0.2) is 0 Å². The maximum atomic E-state index is 11.8. The number of carbonyl (C=O) groups is 1. The van der Waals surface area contributed by atoms with Gasteiger partial charge in [0, 0.05) is 17.4 Å². The molecule has 0 saturated carbocycles. The Bertz CT molecular complexity index is 417. The quantitative estimate of drug-likeness (QED) is 0.564. The number of nitrogen functional groups attached to an aromatic ring is 1. The summed E-state index contributed by atoms with van der Waals surface area (Å²) >= 11 is 1.90. The van der Waals surface area contributed by atoms with Crippen LogP contribution in [-0.4, -0.2) is 28.6 Å². The van der Waals surface area contributed by atoms with E-state index in [0.29, 0.717) is 17.4 Å². The van der Waals surface area contributed by atoms with Crippen LogP contribution in [0.4, 0.5) is 5.69 Å². The SMILES string of the molecule is Nc1ccc(C(=O)NCC2CCCS2)cc1O. The largest absolute Gasteiger partial charge is 0.506 e. The number of benzene rings is 1. The van der Waals surface area contributed by atoms with E-state index < -0.39 is 0 Å². The van der Waals surface area contributed by atoms with Gasteiger partial charge in [-0.15, -0.1) is 0 Å². The average Bonchev–Trinajstić information content (AvgIpc) is 2.82. The summed E-state index contributed by atoms with van der Waals surface area (Å²) in [5.74, 6) is 0.976. The van der Waals surface area contributed by atoms with E-state index in [1.54, 1.807) is 6.07 Å². The first kappa shape index (κ1) is 12.1. The van der Waals surface area contributed by atoms with Crippen LogP contribution in [0.5, 0.6) is 5.75 Å². The van der Waals surface area contributed by atoms with Crippen LogP contribution in [0.25, 0.3) is 0 Å². The van der Waals surface area contributed by atoms with E-state index in [2.05, 4.69) is 5.32 Å². The number of anilines is 1. The number of amides is 1. The van der Waals surface area contributed by atoms with Crippen LogP contribution in [0, 0.1) is 0 Å². The summed E-state index contributed by atoms with van der Waals surface area (Å²) in [5.41, 5.74) is 6.21. The number of carbonyl (C=O) groups excluding carboxylic acids is 1. The zero-order valence-electron chi connectivity index (χ0n) is 9.48. The molecule has 2 rings (SSSR count). The van der Waals surface area contributed by atoms with Crippen molar-refractivity contribution in [2.45, 2.75) is 18.1 Å². The van der Waals surface area contributed by atoms with Gasteiger partial charge in [0.2, 0.25) is 0 Å². The number of hydrogen-bond donors (Lipinski definition) is 3. The maximum absolute atomic E-state index is 11.8. The molecule has 1 amide bonds. The Balaban J connectivity index is 1.92. The van der Waals surface area contributed by atoms with E-state index in [1.807, 2.05) is 11.8 Å². The highest BCUT2D eigenvalue weighted by Gasteiger charge is 2.16. The molecule has 1 aliphatic rings. The van der Waals surface area contributed by atoms with Crippen molar-refractivity contribution in [3.8, 4) is 5.75 Å². The van der Waals surface area contributed by atoms with Gasteiger partial charge in [-0.2, -0.15) is 11.8 Å². The smallest absolute Gasteiger partial charge is 0.251 e. The Hall–Kier alpha value is -1.36. The van der Waals surface area contributed by atoms with Gasteiger partial charge in [0.1, 0.15) is 5.75 Å². The van der Waals surface area contributed by atoms with Crippen LogP contribution in [0.2, 0.25) is 0 Å². The lowest BCUT2D eigenvalue weighted by molar-refractivity contribution is 0.0953. The fourth-order valence-electron chi connectivity index (χ4n) is 1.80. The lowest BCUT2D eigenvalue weighted by atomic mass is 10.1. The monoisotopic (exact) mass is 252 g/mol. The molecule has 0 aromatic heterocycles. The lowest BCUT2D eigenvalue weighted by Gasteiger charge is -2.10. The minimum absolute atomic E-state index is 0.0482. The standard InChI is InChI=1S/C12H16N2O2S/c13-10-4-3-8(6-11(10)15)12(16)14-7-9-2-1-5-17-9/h3-4,6,9,15H,1-2,5,7,13H2,(H,14,16). The topological polar surface area (TPSA) is 75.4 Å². The van der Waals surface area contributed by atoms with Crippen LogP contribution in [0.1, 0.15) is 23.2 Å². The predicted molar refractivity (Wildman–Crippen MR) is 70.3 cm³/mol. The van der Waals surface area contributed by atoms with Crippen molar-refractivity contribution in [1.29, 1.82) is 0 Å². The molecule has 5 heteroatoms. The highest BCUT2D eigenvalue weighted by molar-refractivity contribution is 8.00. The second kappa shape index (κ2) is 5.31. The third kappa shape index (κ3) is 3.06. The van der Waals surface area contributed by atoms with Crippen LogP contribution in [0.15, 0.2) is 18.2 Å². The third-order valence-electron chi connectivity index (χ3n) is 2.81. The molecule has 0 radical (unpaired) electrons. The van der Waals surface area contributed by atoms with E-state index in [-0.39, 0.29) is 17.3 Å². The Morgan fingerprint density at radius 3 is 3.06 bits per heavy atom. The highest BCUT2D eigenvalue weighted by Crippen LogP contribution is 2.25. The highest BCUT2D eigenvalue weighted by atomic mass is 32.2. The summed E-state index contributed by atoms with van der Waals surface area (Å²) in [7, 11) is 0. The van der Waals surface area contributed by atoms with Gasteiger partial charge in [-0.3, -0.25) is 4.79 Å². The fraction of sp³-hybridized carbons (Fsp3) is 0.417. The van der Waals surface area contributed by atoms with Crippen molar-refractivity contribution in [3.05, 3.63) is 23.8 Å². The molecule has 1 heterocycles. The Morgan fingerprint density at radius 1 is 1.59 bits per heavy atom. The number of rotatable bonds is 3. The molecule has 1 fully saturated rings. The van der Waals surface area contributed by atoms with E-state index in [4.69, 9.17) is 5.73 Å². The molecule has 1 aromatic rings. The van der Waals surface area contributed by atoms with Crippen molar-refractivity contribution in [2.24, 2.45) is 0 Å². The summed E-state index contributed by atoms with van der Waals surface area (Å²) in [6.07, 6.45) is 2.39. The van der Waals surface area contributed by atoms with Crippen molar-refractivity contribution >= 4 is 23.4 Å². The normalized spacial score (nSPS) is 19.2. The minimum Gasteiger partial charge on any atom is -0.506 e. The summed E-state index contributed by atoms with van der Waals surface area (Å²) in [6, 6.07) is 4.55. The van der Waals surface area contributed by atoms with Gasteiger partial charge in [-0.05, 0) is 36.8 Å². The van der Waals surface area contributed by atoms with Crippen LogP contribution in [-0.2, 0) is 0 Å². The molecule has 4 nitrogen and oxygen atoms in total. The Morgan fingerprint density at radius 2 is 2.41 bits per heavy atom. The number of phenolic OH excluding ortho intramolecular Hbond substituents is 1. The summed E-state index contributed by atoms with van der Waals surface area (Å²) < 4.78 is 0. The van der Waals surface area contributed by atoms with Gasteiger partial charge in [0.25, 0.3) is 5.91 Å². The number of hydrogen-bond acceptors (Lipinski definition) is 4. The molecule has 1 aliphatic heterocycles. The van der Waals surface area contributed by atoms with E-state index in [0.717, 1.165) is 6.42 Å². The molecule has 1 unspecified atom stereocenters. The molecular formula is C12H16N2O2S. The second-order valence-corrected chi connectivity index (χ2v) is 5.53. The van der Waals surface area contributed by atoms with Crippen LogP contribution < -0.4 is 11.1 Å². The van der Waals surface area contributed by atoms with Crippen molar-refractivity contribution in [3.63, 3.8) is 0 Å². The predicted octanol–water partition coefficient (Wildman–Crippen LogP) is 1.60. The molecule has 0 bridgehead atoms. The lowest BCUT2D eigenvalue weighted by Crippen LogP contribution is -2.29. The van der Waals surface area contributed by atoms with Gasteiger partial charge < -0.3 is 16.2 Å². The molecular weight excluding hydrogens is 236 g/mol. The second-order valence-electron chi connectivity index (χ2n) is 4.12. The van der Waals surface area contributed by atoms with Crippen LogP contribution >= 0.6 is 11.8 Å². The maximum Gasteiger partial charge on any atom is 0.251 e. The zero-order valence-corrected chi connectivity index (χ0v) is 10.3. The van der Waals surface area contributed by atoms with E-state index in [1.165, 1.54) is 24.3 Å².